The van der Waals surface area contributed by atoms with E-state index >= 15 is 0 Å². The van der Waals surface area contributed by atoms with Crippen molar-refractivity contribution in [2.24, 2.45) is 4.99 Å². The van der Waals surface area contributed by atoms with Gasteiger partial charge < -0.3 is 20.3 Å². The lowest BCUT2D eigenvalue weighted by Crippen LogP contribution is -2.43. The van der Waals surface area contributed by atoms with Crippen molar-refractivity contribution in [1.29, 1.82) is 0 Å². The van der Waals surface area contributed by atoms with E-state index in [0.29, 0.717) is 13.1 Å². The smallest absolute Gasteiger partial charge is 0.191 e. The molecule has 1 unspecified atom stereocenters. The summed E-state index contributed by atoms with van der Waals surface area (Å²) in [7, 11) is 2.10. The van der Waals surface area contributed by atoms with Crippen LogP contribution in [0.5, 0.6) is 0 Å². The molecule has 0 saturated carbocycles. The molecule has 7 heteroatoms. The molecule has 1 saturated heterocycles. The van der Waals surface area contributed by atoms with Crippen LogP contribution >= 0.6 is 24.0 Å². The molecule has 0 amide bonds. The van der Waals surface area contributed by atoms with Crippen LogP contribution in [0, 0.1) is 5.82 Å². The van der Waals surface area contributed by atoms with Crippen molar-refractivity contribution in [2.75, 3.05) is 46.4 Å². The second kappa shape index (κ2) is 11.6. The van der Waals surface area contributed by atoms with Crippen molar-refractivity contribution >= 4 is 29.9 Å². The summed E-state index contributed by atoms with van der Waals surface area (Å²) in [6.07, 6.45) is 0.901. The van der Waals surface area contributed by atoms with E-state index in [1.165, 1.54) is 6.07 Å². The van der Waals surface area contributed by atoms with E-state index in [2.05, 4.69) is 27.6 Å². The van der Waals surface area contributed by atoms with Crippen molar-refractivity contribution in [3.05, 3.63) is 35.6 Å². The van der Waals surface area contributed by atoms with E-state index in [4.69, 9.17) is 4.74 Å². The lowest BCUT2D eigenvalue weighted by Gasteiger charge is -2.29. The Morgan fingerprint density at radius 3 is 2.96 bits per heavy atom. The molecule has 2 rings (SSSR count). The Labute approximate surface area is 161 Å². The molecule has 5 nitrogen and oxygen atoms in total. The van der Waals surface area contributed by atoms with Gasteiger partial charge >= 0.3 is 0 Å². The van der Waals surface area contributed by atoms with Gasteiger partial charge in [-0.1, -0.05) is 12.1 Å². The molecule has 0 bridgehead atoms. The molecule has 1 atom stereocenters. The quantitative estimate of drug-likeness (QED) is 0.395. The van der Waals surface area contributed by atoms with Crippen LogP contribution in [0.15, 0.2) is 29.3 Å². The second-order valence-electron chi connectivity index (χ2n) is 5.78. The van der Waals surface area contributed by atoms with Crippen LogP contribution in [0.4, 0.5) is 4.39 Å². The molecule has 1 fully saturated rings. The molecule has 1 heterocycles. The third-order valence-electron chi connectivity index (χ3n) is 3.73. The Hall–Kier alpha value is -0.930. The lowest BCUT2D eigenvalue weighted by molar-refractivity contribution is -0.0136. The lowest BCUT2D eigenvalue weighted by atomic mass is 10.1. The Balaban J connectivity index is 0.00000288. The summed E-state index contributed by atoms with van der Waals surface area (Å²) in [5, 5.41) is 6.51. The van der Waals surface area contributed by atoms with Crippen LogP contribution in [-0.2, 0) is 11.2 Å². The van der Waals surface area contributed by atoms with Gasteiger partial charge in [0.1, 0.15) is 5.82 Å². The average molecular weight is 450 g/mol. The third-order valence-corrected chi connectivity index (χ3v) is 3.73. The molecule has 1 aromatic rings. The van der Waals surface area contributed by atoms with Crippen LogP contribution in [0.1, 0.15) is 12.5 Å². The largest absolute Gasteiger partial charge is 0.374 e. The molecule has 24 heavy (non-hydrogen) atoms. The Morgan fingerprint density at radius 2 is 2.25 bits per heavy atom. The topological polar surface area (TPSA) is 48.9 Å². The summed E-state index contributed by atoms with van der Waals surface area (Å²) >= 11 is 0. The first-order valence-corrected chi connectivity index (χ1v) is 8.24. The minimum atomic E-state index is -0.193. The fourth-order valence-electron chi connectivity index (χ4n) is 2.53. The number of morpholine rings is 1. The van der Waals surface area contributed by atoms with E-state index in [9.17, 15) is 4.39 Å². The summed E-state index contributed by atoms with van der Waals surface area (Å²) < 4.78 is 18.9. The highest BCUT2D eigenvalue weighted by Gasteiger charge is 2.17. The van der Waals surface area contributed by atoms with Crippen molar-refractivity contribution < 1.29 is 9.13 Å². The molecule has 0 aliphatic carbocycles. The molecule has 1 aliphatic rings. The average Bonchev–Trinajstić information content (AvgIpc) is 2.53. The summed E-state index contributed by atoms with van der Waals surface area (Å²) in [5.41, 5.74) is 0.977. The molecule has 0 aromatic heterocycles. The van der Waals surface area contributed by atoms with Gasteiger partial charge in [-0.05, 0) is 38.1 Å². The number of hydrogen-bond acceptors (Lipinski definition) is 3. The summed E-state index contributed by atoms with van der Waals surface area (Å²) in [4.78, 5) is 6.85. The summed E-state index contributed by atoms with van der Waals surface area (Å²) in [6.45, 7) is 6.84. The minimum Gasteiger partial charge on any atom is -0.374 e. The van der Waals surface area contributed by atoms with Crippen LogP contribution in [0.3, 0.4) is 0 Å². The van der Waals surface area contributed by atoms with Gasteiger partial charge in [0.05, 0.1) is 19.3 Å². The fourth-order valence-corrected chi connectivity index (χ4v) is 2.53. The zero-order chi connectivity index (χ0) is 16.5. The third kappa shape index (κ3) is 7.76. The van der Waals surface area contributed by atoms with Gasteiger partial charge in [0, 0.05) is 26.2 Å². The highest BCUT2D eigenvalue weighted by atomic mass is 127. The van der Waals surface area contributed by atoms with Crippen molar-refractivity contribution in [3.8, 4) is 0 Å². The number of nitrogens with zero attached hydrogens (tertiary/aromatic N) is 2. The number of guanidine groups is 1. The maximum absolute atomic E-state index is 13.2. The Kier molecular flexibility index (Phi) is 10.2. The molecule has 136 valence electrons. The second-order valence-corrected chi connectivity index (χ2v) is 5.78. The van der Waals surface area contributed by atoms with E-state index in [0.717, 1.165) is 44.2 Å². The van der Waals surface area contributed by atoms with Crippen molar-refractivity contribution in [2.45, 2.75) is 19.4 Å². The molecular formula is C17H28FIN4O. The number of aliphatic imine (C=N–C) groups is 1. The maximum atomic E-state index is 13.2. The highest BCUT2D eigenvalue weighted by Crippen LogP contribution is 2.04. The summed E-state index contributed by atoms with van der Waals surface area (Å²) in [5.74, 6) is 0.586. The van der Waals surface area contributed by atoms with Gasteiger partial charge in [-0.25, -0.2) is 4.39 Å². The van der Waals surface area contributed by atoms with Gasteiger partial charge in [-0.3, -0.25) is 4.99 Å². The molecule has 1 aromatic carbocycles. The molecular weight excluding hydrogens is 422 g/mol. The standard InChI is InChI=1S/C17H27FN4O.HI/c1-3-19-17(21-12-16-13-22(2)9-10-23-16)20-8-7-14-5-4-6-15(18)11-14;/h4-6,11,16H,3,7-10,12-13H2,1-2H3,(H2,19,20,21);1H. The zero-order valence-electron chi connectivity index (χ0n) is 14.4. The van der Waals surface area contributed by atoms with Gasteiger partial charge in [-0.15, -0.1) is 24.0 Å². The van der Waals surface area contributed by atoms with Crippen molar-refractivity contribution in [3.63, 3.8) is 0 Å². The van der Waals surface area contributed by atoms with Gasteiger partial charge in [-0.2, -0.15) is 0 Å². The summed E-state index contributed by atoms with van der Waals surface area (Å²) in [6, 6.07) is 6.70. The molecule has 1 aliphatic heterocycles. The Morgan fingerprint density at radius 1 is 1.42 bits per heavy atom. The van der Waals surface area contributed by atoms with Gasteiger partial charge in [0.25, 0.3) is 0 Å². The fraction of sp³-hybridized carbons (Fsp3) is 0.588. The maximum Gasteiger partial charge on any atom is 0.191 e. The number of halogens is 2. The van der Waals surface area contributed by atoms with Crippen molar-refractivity contribution in [1.82, 2.24) is 15.5 Å². The zero-order valence-corrected chi connectivity index (χ0v) is 16.8. The number of ether oxygens (including phenoxy) is 1. The molecule has 0 radical (unpaired) electrons. The SMILES string of the molecule is CCNC(=NCC1CN(C)CCO1)NCCc1cccc(F)c1.I. The number of likely N-dealkylation sites (N-methyl/N-ethyl adjacent to an activating group) is 1. The molecule has 2 N–H and O–H groups in total. The molecule has 0 spiro atoms. The van der Waals surface area contributed by atoms with E-state index < -0.39 is 0 Å². The van der Waals surface area contributed by atoms with Crippen LogP contribution in [-0.4, -0.2) is 63.3 Å². The van der Waals surface area contributed by atoms with E-state index in [1.807, 2.05) is 13.0 Å². The van der Waals surface area contributed by atoms with E-state index in [-0.39, 0.29) is 35.9 Å². The first kappa shape index (κ1) is 21.1. The number of hydrogen-bond donors (Lipinski definition) is 2. The predicted octanol–water partition coefficient (Wildman–Crippen LogP) is 1.87. The minimum absolute atomic E-state index is 0. The van der Waals surface area contributed by atoms with Crippen LogP contribution in [0.25, 0.3) is 0 Å². The number of benzene rings is 1. The normalized spacial score (nSPS) is 18.8. The van der Waals surface area contributed by atoms with E-state index in [1.54, 1.807) is 12.1 Å². The van der Waals surface area contributed by atoms with Gasteiger partial charge in [0.15, 0.2) is 5.96 Å². The first-order valence-electron chi connectivity index (χ1n) is 8.24. The Bertz CT molecular complexity index is 515. The predicted molar refractivity (Wildman–Crippen MR) is 107 cm³/mol. The van der Waals surface area contributed by atoms with Crippen LogP contribution < -0.4 is 10.6 Å². The first-order chi connectivity index (χ1) is 11.2. The highest BCUT2D eigenvalue weighted by molar-refractivity contribution is 14.0. The number of nitrogens with one attached hydrogen (secondary N) is 2. The monoisotopic (exact) mass is 450 g/mol. The van der Waals surface area contributed by atoms with Gasteiger partial charge in [0.2, 0.25) is 0 Å². The van der Waals surface area contributed by atoms with Crippen LogP contribution in [0.2, 0.25) is 0 Å². The number of rotatable bonds is 6.